The Labute approximate surface area is 116 Å². The summed E-state index contributed by atoms with van der Waals surface area (Å²) in [6.07, 6.45) is 9.06. The summed E-state index contributed by atoms with van der Waals surface area (Å²) in [7, 11) is 0. The summed E-state index contributed by atoms with van der Waals surface area (Å²) < 4.78 is 2.02. The maximum Gasteiger partial charge on any atom is 0.235 e. The molecule has 2 heterocycles. The average Bonchev–Trinajstić information content (AvgIpc) is 2.85. The molecular formula is C16H14N4. The van der Waals surface area contributed by atoms with Gasteiger partial charge in [-0.1, -0.05) is 24.3 Å². The number of nitrogens with zero attached hydrogens (tertiary/aromatic N) is 3. The van der Waals surface area contributed by atoms with Crippen LogP contribution < -0.4 is 5.73 Å². The summed E-state index contributed by atoms with van der Waals surface area (Å²) >= 11 is 0. The van der Waals surface area contributed by atoms with Crippen molar-refractivity contribution in [3.63, 3.8) is 0 Å². The predicted octanol–water partition coefficient (Wildman–Crippen LogP) is 2.77. The molecule has 0 amide bonds. The maximum atomic E-state index is 5.86. The van der Waals surface area contributed by atoms with Crippen LogP contribution in [0.15, 0.2) is 60.5 Å². The summed E-state index contributed by atoms with van der Waals surface area (Å²) in [5, 5.41) is 0. The molecule has 0 fully saturated rings. The van der Waals surface area contributed by atoms with Crippen LogP contribution in [0.4, 0.5) is 0 Å². The molecule has 4 nitrogen and oxygen atoms in total. The Morgan fingerprint density at radius 3 is 2.95 bits per heavy atom. The van der Waals surface area contributed by atoms with E-state index in [1.165, 1.54) is 0 Å². The SMILES string of the molecule is NC1=CC(c2ccn3c(n2)nc2ccccc23)CC=C1. The van der Waals surface area contributed by atoms with Crippen LogP contribution in [0.1, 0.15) is 18.0 Å². The highest BCUT2D eigenvalue weighted by molar-refractivity contribution is 5.79. The third-order valence-electron chi connectivity index (χ3n) is 3.67. The van der Waals surface area contributed by atoms with Crippen LogP contribution >= 0.6 is 0 Å². The van der Waals surface area contributed by atoms with Crippen LogP contribution in [0, 0.1) is 0 Å². The number of aromatic nitrogens is 3. The number of hydrogen-bond donors (Lipinski definition) is 1. The number of benzene rings is 1. The fraction of sp³-hybridized carbons (Fsp3) is 0.125. The smallest absolute Gasteiger partial charge is 0.235 e. The van der Waals surface area contributed by atoms with Gasteiger partial charge in [0, 0.05) is 17.8 Å². The Balaban J connectivity index is 1.87. The van der Waals surface area contributed by atoms with Crippen molar-refractivity contribution in [1.29, 1.82) is 0 Å². The molecule has 4 heteroatoms. The van der Waals surface area contributed by atoms with Gasteiger partial charge in [0.15, 0.2) is 0 Å². The van der Waals surface area contributed by atoms with Crippen molar-refractivity contribution in [2.75, 3.05) is 0 Å². The van der Waals surface area contributed by atoms with Crippen LogP contribution in [0.2, 0.25) is 0 Å². The molecule has 0 aliphatic heterocycles. The maximum absolute atomic E-state index is 5.86. The fourth-order valence-electron chi connectivity index (χ4n) is 2.68. The Morgan fingerprint density at radius 1 is 1.15 bits per heavy atom. The van der Waals surface area contributed by atoms with Gasteiger partial charge >= 0.3 is 0 Å². The van der Waals surface area contributed by atoms with Crippen molar-refractivity contribution >= 4 is 16.8 Å². The molecule has 0 bridgehead atoms. The van der Waals surface area contributed by atoms with Crippen molar-refractivity contribution in [3.05, 3.63) is 66.1 Å². The summed E-state index contributed by atoms with van der Waals surface area (Å²) in [6.45, 7) is 0. The summed E-state index contributed by atoms with van der Waals surface area (Å²) in [6, 6.07) is 10.1. The Bertz CT molecular complexity index is 857. The van der Waals surface area contributed by atoms with E-state index in [-0.39, 0.29) is 5.92 Å². The van der Waals surface area contributed by atoms with Crippen molar-refractivity contribution in [1.82, 2.24) is 14.4 Å². The van der Waals surface area contributed by atoms with E-state index in [9.17, 15) is 0 Å². The zero-order chi connectivity index (χ0) is 13.5. The summed E-state index contributed by atoms with van der Waals surface area (Å²) in [5.74, 6) is 0.982. The van der Waals surface area contributed by atoms with Gasteiger partial charge in [0.25, 0.3) is 0 Å². The Morgan fingerprint density at radius 2 is 2.05 bits per heavy atom. The standard InChI is InChI=1S/C16H14N4/c17-12-5-3-4-11(10-12)13-8-9-20-15-7-2-1-6-14(15)19-16(20)18-13/h1-3,5-11H,4,17H2. The van der Waals surface area contributed by atoms with Gasteiger partial charge in [-0.05, 0) is 30.7 Å². The molecule has 4 rings (SSSR count). The second kappa shape index (κ2) is 4.20. The fourth-order valence-corrected chi connectivity index (χ4v) is 2.68. The first kappa shape index (κ1) is 11.2. The lowest BCUT2D eigenvalue weighted by Gasteiger charge is -2.14. The second-order valence-corrected chi connectivity index (χ2v) is 5.03. The molecule has 1 aliphatic rings. The van der Waals surface area contributed by atoms with Crippen LogP contribution in [-0.2, 0) is 0 Å². The number of imidazole rings is 1. The molecule has 1 aliphatic carbocycles. The van der Waals surface area contributed by atoms with Gasteiger partial charge in [-0.2, -0.15) is 0 Å². The zero-order valence-corrected chi connectivity index (χ0v) is 10.9. The van der Waals surface area contributed by atoms with Gasteiger partial charge < -0.3 is 5.73 Å². The highest BCUT2D eigenvalue weighted by Gasteiger charge is 2.14. The number of nitrogens with two attached hydrogens (primary N) is 1. The van der Waals surface area contributed by atoms with Crippen LogP contribution in [0.5, 0.6) is 0 Å². The van der Waals surface area contributed by atoms with E-state index in [4.69, 9.17) is 5.73 Å². The van der Waals surface area contributed by atoms with Gasteiger partial charge in [0.2, 0.25) is 5.78 Å². The first-order chi connectivity index (χ1) is 9.81. The highest BCUT2D eigenvalue weighted by Crippen LogP contribution is 2.25. The quantitative estimate of drug-likeness (QED) is 0.733. The van der Waals surface area contributed by atoms with E-state index in [0.29, 0.717) is 0 Å². The third-order valence-corrected chi connectivity index (χ3v) is 3.67. The van der Waals surface area contributed by atoms with Gasteiger partial charge in [-0.15, -0.1) is 0 Å². The van der Waals surface area contributed by atoms with Gasteiger partial charge in [0.05, 0.1) is 16.7 Å². The molecule has 0 spiro atoms. The summed E-state index contributed by atoms with van der Waals surface area (Å²) in [4.78, 5) is 9.26. The molecule has 98 valence electrons. The van der Waals surface area contributed by atoms with E-state index in [2.05, 4.69) is 34.3 Å². The number of para-hydroxylation sites is 2. The van der Waals surface area contributed by atoms with E-state index in [1.807, 2.05) is 34.9 Å². The van der Waals surface area contributed by atoms with Gasteiger partial charge in [-0.3, -0.25) is 4.40 Å². The molecular weight excluding hydrogens is 248 g/mol. The van der Waals surface area contributed by atoms with Crippen LogP contribution in [0.3, 0.4) is 0 Å². The van der Waals surface area contributed by atoms with Gasteiger partial charge in [0.1, 0.15) is 0 Å². The monoisotopic (exact) mass is 262 g/mol. The number of fused-ring (bicyclic) bond motifs is 3. The third kappa shape index (κ3) is 1.69. The zero-order valence-electron chi connectivity index (χ0n) is 10.9. The predicted molar refractivity (Wildman–Crippen MR) is 79.3 cm³/mol. The number of hydrogen-bond acceptors (Lipinski definition) is 3. The molecule has 0 radical (unpaired) electrons. The Hall–Kier alpha value is -2.62. The highest BCUT2D eigenvalue weighted by atomic mass is 15.1. The average molecular weight is 262 g/mol. The summed E-state index contributed by atoms with van der Waals surface area (Å²) in [5.41, 5.74) is 9.73. The van der Waals surface area contributed by atoms with E-state index >= 15 is 0 Å². The molecule has 0 saturated carbocycles. The first-order valence-corrected chi connectivity index (χ1v) is 6.69. The molecule has 1 unspecified atom stereocenters. The molecule has 2 aromatic heterocycles. The normalized spacial score (nSPS) is 18.6. The van der Waals surface area contributed by atoms with Gasteiger partial charge in [-0.25, -0.2) is 9.97 Å². The molecule has 3 aromatic rings. The second-order valence-electron chi connectivity index (χ2n) is 5.03. The topological polar surface area (TPSA) is 56.2 Å². The molecule has 1 atom stereocenters. The number of allylic oxidation sites excluding steroid dienone is 3. The molecule has 1 aromatic carbocycles. The Kier molecular flexibility index (Phi) is 2.36. The van der Waals surface area contributed by atoms with Crippen molar-refractivity contribution in [2.24, 2.45) is 5.73 Å². The van der Waals surface area contributed by atoms with Crippen LogP contribution in [-0.4, -0.2) is 14.4 Å². The number of rotatable bonds is 1. The van der Waals surface area contributed by atoms with Crippen molar-refractivity contribution < 1.29 is 0 Å². The molecule has 0 saturated heterocycles. The minimum atomic E-state index is 0.241. The van der Waals surface area contributed by atoms with Crippen LogP contribution in [0.25, 0.3) is 16.8 Å². The minimum Gasteiger partial charge on any atom is -0.399 e. The van der Waals surface area contributed by atoms with E-state index < -0.39 is 0 Å². The van der Waals surface area contributed by atoms with Crippen molar-refractivity contribution in [2.45, 2.75) is 12.3 Å². The lowest BCUT2D eigenvalue weighted by Crippen LogP contribution is -2.06. The minimum absolute atomic E-state index is 0.241. The lowest BCUT2D eigenvalue weighted by atomic mass is 9.96. The van der Waals surface area contributed by atoms with Crippen molar-refractivity contribution in [3.8, 4) is 0 Å². The molecule has 20 heavy (non-hydrogen) atoms. The lowest BCUT2D eigenvalue weighted by molar-refractivity contribution is 0.802. The largest absolute Gasteiger partial charge is 0.399 e. The first-order valence-electron chi connectivity index (χ1n) is 6.69. The van der Waals surface area contributed by atoms with E-state index in [0.717, 1.165) is 34.6 Å². The molecule has 2 N–H and O–H groups in total. The van der Waals surface area contributed by atoms with E-state index in [1.54, 1.807) is 0 Å².